The van der Waals surface area contributed by atoms with Crippen LogP contribution in [0.5, 0.6) is 0 Å². The third kappa shape index (κ3) is 3.69. The summed E-state index contributed by atoms with van der Waals surface area (Å²) >= 11 is 15.4. The zero-order chi connectivity index (χ0) is 14.0. The minimum Gasteiger partial charge on any atom is -0.324 e. The van der Waals surface area contributed by atoms with Crippen molar-refractivity contribution in [1.82, 2.24) is 0 Å². The Balaban J connectivity index is 2.27. The van der Waals surface area contributed by atoms with Crippen LogP contribution in [0.1, 0.15) is 17.2 Å². The van der Waals surface area contributed by atoms with Crippen molar-refractivity contribution in [2.75, 3.05) is 0 Å². The normalized spacial score (nSPS) is 12.5. The zero-order valence-corrected chi connectivity index (χ0v) is 12.9. The Kier molecular flexibility index (Phi) is 4.85. The highest BCUT2D eigenvalue weighted by Crippen LogP contribution is 2.29. The Bertz CT molecular complexity index is 604. The van der Waals surface area contributed by atoms with Gasteiger partial charge in [-0.2, -0.15) is 0 Å². The molecule has 1 atom stereocenters. The van der Waals surface area contributed by atoms with E-state index in [9.17, 15) is 4.39 Å². The highest BCUT2D eigenvalue weighted by atomic mass is 79.9. The van der Waals surface area contributed by atoms with Crippen LogP contribution in [-0.2, 0) is 6.42 Å². The summed E-state index contributed by atoms with van der Waals surface area (Å²) in [5, 5.41) is 1.21. The molecule has 19 heavy (non-hydrogen) atoms. The van der Waals surface area contributed by atoms with Gasteiger partial charge in [0, 0.05) is 20.6 Å². The molecule has 0 radical (unpaired) electrons. The zero-order valence-electron chi connectivity index (χ0n) is 9.84. The Morgan fingerprint density at radius 2 is 1.89 bits per heavy atom. The highest BCUT2D eigenvalue weighted by Gasteiger charge is 2.13. The van der Waals surface area contributed by atoms with Crippen molar-refractivity contribution in [3.8, 4) is 0 Å². The van der Waals surface area contributed by atoms with Gasteiger partial charge in [0.2, 0.25) is 0 Å². The first-order valence-corrected chi connectivity index (χ1v) is 7.16. The molecule has 1 unspecified atom stereocenters. The first-order chi connectivity index (χ1) is 8.97. The van der Waals surface area contributed by atoms with Crippen molar-refractivity contribution in [3.05, 3.63) is 67.9 Å². The second kappa shape index (κ2) is 6.23. The van der Waals surface area contributed by atoms with Crippen molar-refractivity contribution in [2.24, 2.45) is 5.73 Å². The molecule has 5 heteroatoms. The molecule has 0 saturated heterocycles. The van der Waals surface area contributed by atoms with Crippen LogP contribution in [0.3, 0.4) is 0 Å². The number of hydrogen-bond donors (Lipinski definition) is 1. The Morgan fingerprint density at radius 3 is 2.63 bits per heavy atom. The van der Waals surface area contributed by atoms with Crippen LogP contribution in [-0.4, -0.2) is 0 Å². The largest absolute Gasteiger partial charge is 0.324 e. The van der Waals surface area contributed by atoms with Gasteiger partial charge in [-0.1, -0.05) is 39.1 Å². The lowest BCUT2D eigenvalue weighted by Gasteiger charge is -2.15. The van der Waals surface area contributed by atoms with E-state index in [2.05, 4.69) is 15.9 Å². The SMILES string of the molecule is NC(Cc1cc(Cl)ccc1Cl)c1cc(F)ccc1Br. The summed E-state index contributed by atoms with van der Waals surface area (Å²) in [7, 11) is 0. The van der Waals surface area contributed by atoms with Gasteiger partial charge >= 0.3 is 0 Å². The molecule has 0 bridgehead atoms. The number of nitrogens with two attached hydrogens (primary N) is 1. The smallest absolute Gasteiger partial charge is 0.123 e. The molecular formula is C14H11BrCl2FN. The molecule has 2 rings (SSSR count). The van der Waals surface area contributed by atoms with Gasteiger partial charge in [-0.05, 0) is 53.9 Å². The van der Waals surface area contributed by atoms with Crippen LogP contribution in [0.2, 0.25) is 10.0 Å². The van der Waals surface area contributed by atoms with Gasteiger partial charge in [-0.3, -0.25) is 0 Å². The van der Waals surface area contributed by atoms with Crippen LogP contribution >= 0.6 is 39.1 Å². The van der Waals surface area contributed by atoms with E-state index in [4.69, 9.17) is 28.9 Å². The molecule has 2 N–H and O–H groups in total. The summed E-state index contributed by atoms with van der Waals surface area (Å²) < 4.78 is 14.0. The molecule has 0 fully saturated rings. The first kappa shape index (κ1) is 14.8. The number of hydrogen-bond acceptors (Lipinski definition) is 1. The lowest BCUT2D eigenvalue weighted by atomic mass is 9.99. The van der Waals surface area contributed by atoms with Gasteiger partial charge < -0.3 is 5.73 Å². The van der Waals surface area contributed by atoms with E-state index in [0.29, 0.717) is 22.0 Å². The molecule has 1 nitrogen and oxygen atoms in total. The fourth-order valence-corrected chi connectivity index (χ4v) is 2.78. The lowest BCUT2D eigenvalue weighted by Crippen LogP contribution is -2.14. The lowest BCUT2D eigenvalue weighted by molar-refractivity contribution is 0.617. The maximum atomic E-state index is 13.3. The summed E-state index contributed by atoms with van der Waals surface area (Å²) in [6.07, 6.45) is 0.488. The van der Waals surface area contributed by atoms with Crippen molar-refractivity contribution in [1.29, 1.82) is 0 Å². The summed E-state index contributed by atoms with van der Waals surface area (Å²) in [4.78, 5) is 0. The second-order valence-electron chi connectivity index (χ2n) is 4.21. The molecule has 0 spiro atoms. The van der Waals surface area contributed by atoms with E-state index in [-0.39, 0.29) is 11.9 Å². The molecule has 2 aromatic rings. The van der Waals surface area contributed by atoms with Crippen LogP contribution in [0.25, 0.3) is 0 Å². The standard InChI is InChI=1S/C14H11BrCl2FN/c15-12-3-2-10(18)7-11(12)14(19)6-8-5-9(16)1-4-13(8)17/h1-5,7,14H,6,19H2. The van der Waals surface area contributed by atoms with Gasteiger partial charge in [0.05, 0.1) is 0 Å². The minimum absolute atomic E-state index is 0.314. The van der Waals surface area contributed by atoms with E-state index in [1.807, 2.05) is 0 Å². The predicted molar refractivity (Wildman–Crippen MR) is 81.2 cm³/mol. The van der Waals surface area contributed by atoms with Gasteiger partial charge in [-0.15, -0.1) is 0 Å². The molecule has 2 aromatic carbocycles. The first-order valence-electron chi connectivity index (χ1n) is 5.62. The fourth-order valence-electron chi connectivity index (χ4n) is 1.85. The summed E-state index contributed by atoms with van der Waals surface area (Å²) in [6.45, 7) is 0. The molecule has 0 aliphatic heterocycles. The Labute approximate surface area is 129 Å². The molecule has 0 aliphatic carbocycles. The van der Waals surface area contributed by atoms with Gasteiger partial charge in [-0.25, -0.2) is 4.39 Å². The van der Waals surface area contributed by atoms with Crippen molar-refractivity contribution in [2.45, 2.75) is 12.5 Å². The van der Waals surface area contributed by atoms with Crippen LogP contribution in [0.4, 0.5) is 4.39 Å². The van der Waals surface area contributed by atoms with Gasteiger partial charge in [0.15, 0.2) is 0 Å². The Morgan fingerprint density at radius 1 is 1.16 bits per heavy atom. The highest BCUT2D eigenvalue weighted by molar-refractivity contribution is 9.10. The summed E-state index contributed by atoms with van der Waals surface area (Å²) in [5.41, 5.74) is 7.67. The molecule has 0 heterocycles. The van der Waals surface area contributed by atoms with E-state index in [1.165, 1.54) is 12.1 Å². The predicted octanol–water partition coefficient (Wildman–Crippen LogP) is 5.14. The number of benzene rings is 2. The summed E-state index contributed by atoms with van der Waals surface area (Å²) in [5.74, 6) is -0.314. The topological polar surface area (TPSA) is 26.0 Å². The third-order valence-electron chi connectivity index (χ3n) is 2.81. The van der Waals surface area contributed by atoms with Crippen molar-refractivity contribution in [3.63, 3.8) is 0 Å². The third-order valence-corrected chi connectivity index (χ3v) is 4.13. The van der Waals surface area contributed by atoms with Crippen LogP contribution in [0, 0.1) is 5.82 Å². The number of rotatable bonds is 3. The van der Waals surface area contributed by atoms with Crippen molar-refractivity contribution >= 4 is 39.1 Å². The monoisotopic (exact) mass is 361 g/mol. The Hall–Kier alpha value is -0.610. The number of halogens is 4. The molecule has 0 amide bonds. The van der Waals surface area contributed by atoms with Crippen LogP contribution < -0.4 is 5.73 Å². The molecule has 0 aromatic heterocycles. The van der Waals surface area contributed by atoms with Gasteiger partial charge in [0.25, 0.3) is 0 Å². The molecule has 0 saturated carbocycles. The summed E-state index contributed by atoms with van der Waals surface area (Å²) in [6, 6.07) is 9.31. The van der Waals surface area contributed by atoms with Gasteiger partial charge in [0.1, 0.15) is 5.82 Å². The minimum atomic E-state index is -0.360. The van der Waals surface area contributed by atoms with E-state index in [1.54, 1.807) is 24.3 Å². The quantitative estimate of drug-likeness (QED) is 0.803. The average Bonchev–Trinajstić information content (AvgIpc) is 2.36. The fraction of sp³-hybridized carbons (Fsp3) is 0.143. The van der Waals surface area contributed by atoms with Crippen molar-refractivity contribution < 1.29 is 4.39 Å². The molecule has 100 valence electrons. The van der Waals surface area contributed by atoms with E-state index < -0.39 is 0 Å². The second-order valence-corrected chi connectivity index (χ2v) is 5.91. The van der Waals surface area contributed by atoms with E-state index >= 15 is 0 Å². The molecular weight excluding hydrogens is 352 g/mol. The van der Waals surface area contributed by atoms with Crippen LogP contribution in [0.15, 0.2) is 40.9 Å². The van der Waals surface area contributed by atoms with E-state index in [0.717, 1.165) is 10.0 Å². The maximum Gasteiger partial charge on any atom is 0.123 e. The average molecular weight is 363 g/mol. The maximum absolute atomic E-state index is 13.3. The molecule has 0 aliphatic rings.